The maximum absolute atomic E-state index is 12.9. The minimum absolute atomic E-state index is 0.0859. The lowest BCUT2D eigenvalue weighted by atomic mass is 10.00. The molecule has 0 saturated heterocycles. The number of Topliss-reactive ketones (excluding diaryl/α,β-unsaturated/α-hetero) is 1. The molecule has 140 valence electrons. The summed E-state index contributed by atoms with van der Waals surface area (Å²) >= 11 is 1.55. The zero-order valence-electron chi connectivity index (χ0n) is 14.9. The lowest BCUT2D eigenvalue weighted by Crippen LogP contribution is -2.10. The van der Waals surface area contributed by atoms with Gasteiger partial charge in [-0.1, -0.05) is 5.16 Å². The first-order valence-electron chi connectivity index (χ1n) is 9.54. The molecule has 0 radical (unpaired) electrons. The molecule has 0 spiro atoms. The molecule has 1 N–H and O–H groups in total. The lowest BCUT2D eigenvalue weighted by Gasteiger charge is -2.05. The molecule has 7 heteroatoms. The molecule has 0 atom stereocenters. The van der Waals surface area contributed by atoms with Crippen molar-refractivity contribution in [1.29, 1.82) is 0 Å². The Bertz CT molecular complexity index is 963. The first kappa shape index (κ1) is 16.9. The molecule has 6 nitrogen and oxygen atoms in total. The summed E-state index contributed by atoms with van der Waals surface area (Å²) in [4.78, 5) is 29.8. The molecule has 0 aliphatic heterocycles. The van der Waals surface area contributed by atoms with Crippen LogP contribution in [-0.2, 0) is 16.0 Å². The van der Waals surface area contributed by atoms with Crippen LogP contribution in [0.4, 0.5) is 0 Å². The third-order valence-corrected chi connectivity index (χ3v) is 6.65. The highest BCUT2D eigenvalue weighted by Gasteiger charge is 2.34. The van der Waals surface area contributed by atoms with Crippen molar-refractivity contribution in [2.45, 2.75) is 63.2 Å². The number of ketones is 1. The van der Waals surface area contributed by atoms with E-state index in [1.54, 1.807) is 11.3 Å². The van der Waals surface area contributed by atoms with E-state index in [0.29, 0.717) is 36.1 Å². The quantitative estimate of drug-likeness (QED) is 0.768. The van der Waals surface area contributed by atoms with Gasteiger partial charge in [-0.2, -0.15) is 4.98 Å². The molecule has 2 aromatic rings. The summed E-state index contributed by atoms with van der Waals surface area (Å²) in [5.41, 5.74) is 2.90. The van der Waals surface area contributed by atoms with Gasteiger partial charge in [0.05, 0.1) is 5.56 Å². The van der Waals surface area contributed by atoms with Crippen LogP contribution in [0.5, 0.6) is 0 Å². The fourth-order valence-electron chi connectivity index (χ4n) is 3.86. The highest BCUT2D eigenvalue weighted by Crippen LogP contribution is 2.48. The van der Waals surface area contributed by atoms with Crippen molar-refractivity contribution < 1.29 is 19.2 Å². The van der Waals surface area contributed by atoms with Crippen LogP contribution >= 0.6 is 11.3 Å². The largest absolute Gasteiger partial charge is 0.478 e. The fraction of sp³-hybridized carbons (Fsp3) is 0.500. The Morgan fingerprint density at radius 3 is 2.59 bits per heavy atom. The summed E-state index contributed by atoms with van der Waals surface area (Å²) in [7, 11) is 0. The topological polar surface area (TPSA) is 93.3 Å². The van der Waals surface area contributed by atoms with Crippen molar-refractivity contribution in [2.24, 2.45) is 0 Å². The average Bonchev–Trinajstić information content (AvgIpc) is 3.53. The predicted molar refractivity (Wildman–Crippen MR) is 98.8 cm³/mol. The first-order chi connectivity index (χ1) is 13.1. The molecule has 2 saturated carbocycles. The zero-order chi connectivity index (χ0) is 18.5. The molecule has 0 aromatic carbocycles. The average molecular weight is 384 g/mol. The number of carbonyl (C=O) groups is 2. The number of hydrogen-bond donors (Lipinski definition) is 1. The molecule has 3 aliphatic rings. The maximum Gasteiger partial charge on any atom is 0.331 e. The molecule has 5 rings (SSSR count). The second-order valence-electron chi connectivity index (χ2n) is 7.71. The molecule has 0 amide bonds. The van der Waals surface area contributed by atoms with Crippen LogP contribution < -0.4 is 0 Å². The normalized spacial score (nSPS) is 19.7. The van der Waals surface area contributed by atoms with Gasteiger partial charge in [0.1, 0.15) is 0 Å². The Morgan fingerprint density at radius 2 is 1.89 bits per heavy atom. The number of carboxylic acids is 1. The van der Waals surface area contributed by atoms with E-state index >= 15 is 0 Å². The lowest BCUT2D eigenvalue weighted by molar-refractivity contribution is -0.133. The van der Waals surface area contributed by atoms with Gasteiger partial charge in [0.15, 0.2) is 11.6 Å². The number of hydrogen-bond acceptors (Lipinski definition) is 6. The second-order valence-corrected chi connectivity index (χ2v) is 8.68. The van der Waals surface area contributed by atoms with Gasteiger partial charge in [-0.25, -0.2) is 4.79 Å². The first-order valence-corrected chi connectivity index (χ1v) is 10.4. The molecule has 27 heavy (non-hydrogen) atoms. The summed E-state index contributed by atoms with van der Waals surface area (Å²) in [5.74, 6) is 1.15. The summed E-state index contributed by atoms with van der Waals surface area (Å²) in [5, 5.41) is 15.6. The van der Waals surface area contributed by atoms with Crippen molar-refractivity contribution in [1.82, 2.24) is 10.1 Å². The van der Waals surface area contributed by atoms with Crippen LogP contribution in [0.2, 0.25) is 0 Å². The third-order valence-electron chi connectivity index (χ3n) is 5.64. The van der Waals surface area contributed by atoms with Gasteiger partial charge in [-0.3, -0.25) is 4.79 Å². The fourth-order valence-corrected chi connectivity index (χ4v) is 4.98. The van der Waals surface area contributed by atoms with Gasteiger partial charge in [0.2, 0.25) is 0 Å². The zero-order valence-corrected chi connectivity index (χ0v) is 15.7. The van der Waals surface area contributed by atoms with Gasteiger partial charge in [0, 0.05) is 28.4 Å². The Labute approximate surface area is 160 Å². The summed E-state index contributed by atoms with van der Waals surface area (Å²) in [6.07, 6.45) is 6.50. The number of nitrogens with zero attached hydrogens (tertiary/aromatic N) is 2. The summed E-state index contributed by atoms with van der Waals surface area (Å²) in [6.45, 7) is 0. The number of carbonyl (C=O) groups excluding carboxylic acids is 1. The maximum atomic E-state index is 12.9. The number of rotatable bonds is 7. The summed E-state index contributed by atoms with van der Waals surface area (Å²) < 4.78 is 5.56. The van der Waals surface area contributed by atoms with E-state index in [1.807, 2.05) is 0 Å². The van der Waals surface area contributed by atoms with Crippen molar-refractivity contribution in [2.75, 3.05) is 0 Å². The monoisotopic (exact) mass is 384 g/mol. The van der Waals surface area contributed by atoms with Crippen molar-refractivity contribution in [3.05, 3.63) is 32.8 Å². The Balaban J connectivity index is 1.48. The van der Waals surface area contributed by atoms with Crippen molar-refractivity contribution in [3.8, 4) is 11.5 Å². The highest BCUT2D eigenvalue weighted by molar-refractivity contribution is 7.10. The number of aromatic nitrogens is 2. The summed E-state index contributed by atoms with van der Waals surface area (Å²) in [6, 6.07) is 0. The second kappa shape index (κ2) is 6.41. The van der Waals surface area contributed by atoms with Gasteiger partial charge in [0.25, 0.3) is 5.89 Å². The van der Waals surface area contributed by atoms with E-state index in [2.05, 4.69) is 15.5 Å². The van der Waals surface area contributed by atoms with E-state index in [-0.39, 0.29) is 17.8 Å². The molecule has 2 aromatic heterocycles. The van der Waals surface area contributed by atoms with Crippen LogP contribution in [-0.4, -0.2) is 27.0 Å². The van der Waals surface area contributed by atoms with Crippen LogP contribution in [0.3, 0.4) is 0 Å². The SMILES string of the molecule is O=C(O)C1=C(C(=O)Cc2scc(C3CC3)c2-c2nc(C3CC3)no2)CCC1. The minimum atomic E-state index is -0.966. The molecule has 0 unspecified atom stereocenters. The van der Waals surface area contributed by atoms with E-state index in [1.165, 1.54) is 5.56 Å². The minimum Gasteiger partial charge on any atom is -0.478 e. The molecule has 3 aliphatic carbocycles. The van der Waals surface area contributed by atoms with Crippen molar-refractivity contribution >= 4 is 23.1 Å². The van der Waals surface area contributed by atoms with Crippen LogP contribution in [0, 0.1) is 0 Å². The molecule has 0 bridgehead atoms. The Morgan fingerprint density at radius 1 is 1.15 bits per heavy atom. The van der Waals surface area contributed by atoms with E-state index in [9.17, 15) is 14.7 Å². The molecular weight excluding hydrogens is 364 g/mol. The standard InChI is InChI=1S/C20H20N2O4S/c23-15(12-2-1-3-13(12)20(24)25)8-16-17(14(9-27-16)10-4-5-10)19-21-18(22-26-19)11-6-7-11/h9-11H,1-8H2,(H,24,25). The van der Waals surface area contributed by atoms with Crippen LogP contribution in [0.25, 0.3) is 11.5 Å². The molecule has 2 fully saturated rings. The predicted octanol–water partition coefficient (Wildman–Crippen LogP) is 4.23. The van der Waals surface area contributed by atoms with Gasteiger partial charge >= 0.3 is 5.97 Å². The molecule has 2 heterocycles. The number of allylic oxidation sites excluding steroid dienone is 1. The number of thiophene rings is 1. The molecular formula is C20H20N2O4S. The van der Waals surface area contributed by atoms with Crippen LogP contribution in [0.15, 0.2) is 21.0 Å². The number of aliphatic carboxylic acids is 1. The van der Waals surface area contributed by atoms with E-state index in [0.717, 1.165) is 48.4 Å². The van der Waals surface area contributed by atoms with Crippen molar-refractivity contribution in [3.63, 3.8) is 0 Å². The number of carboxylic acid groups (broad SMARTS) is 1. The van der Waals surface area contributed by atoms with Gasteiger partial charge in [-0.15, -0.1) is 11.3 Å². The Hall–Kier alpha value is -2.28. The smallest absolute Gasteiger partial charge is 0.331 e. The Kier molecular flexibility index (Phi) is 4.00. The van der Waals surface area contributed by atoms with Gasteiger partial charge < -0.3 is 9.63 Å². The highest BCUT2D eigenvalue weighted by atomic mass is 32.1. The van der Waals surface area contributed by atoms with Gasteiger partial charge in [-0.05, 0) is 61.8 Å². The van der Waals surface area contributed by atoms with E-state index < -0.39 is 5.97 Å². The van der Waals surface area contributed by atoms with E-state index in [4.69, 9.17) is 4.52 Å². The van der Waals surface area contributed by atoms with Crippen LogP contribution in [0.1, 0.15) is 73.0 Å². The third kappa shape index (κ3) is 3.14.